The first-order chi connectivity index (χ1) is 6.43. The van der Waals surface area contributed by atoms with Gasteiger partial charge in [0.15, 0.2) is 0 Å². The minimum atomic E-state index is -1.00. The first-order valence-corrected chi connectivity index (χ1v) is 4.91. The third-order valence-corrected chi connectivity index (χ3v) is 2.13. The molecular formula is C10H18NNaO3. The monoisotopic (exact) mass is 223 g/mol. The van der Waals surface area contributed by atoms with Gasteiger partial charge in [0, 0.05) is 18.9 Å². The van der Waals surface area contributed by atoms with Crippen LogP contribution in [0.25, 0.3) is 0 Å². The maximum atomic E-state index is 10.6. The van der Waals surface area contributed by atoms with Gasteiger partial charge in [-0.3, -0.25) is 4.79 Å². The average molecular weight is 223 g/mol. The van der Waals surface area contributed by atoms with Crippen molar-refractivity contribution in [1.82, 2.24) is 5.32 Å². The van der Waals surface area contributed by atoms with Crippen molar-refractivity contribution in [3.05, 3.63) is 0 Å². The minimum Gasteiger partial charge on any atom is -0.550 e. The number of aliphatic carboxylic acids is 1. The number of carboxylic acid groups (broad SMARTS) is 1. The smallest absolute Gasteiger partial charge is 0.550 e. The number of carboxylic acids is 1. The van der Waals surface area contributed by atoms with Gasteiger partial charge >= 0.3 is 29.6 Å². The van der Waals surface area contributed by atoms with Gasteiger partial charge in [0.05, 0.1) is 0 Å². The normalized spacial score (nSPS) is 13.5. The molecule has 0 saturated heterocycles. The van der Waals surface area contributed by atoms with E-state index in [0.717, 1.165) is 12.8 Å². The van der Waals surface area contributed by atoms with E-state index in [1.807, 2.05) is 6.92 Å². The van der Waals surface area contributed by atoms with Crippen LogP contribution in [-0.4, -0.2) is 17.9 Å². The van der Waals surface area contributed by atoms with Crippen molar-refractivity contribution >= 4 is 11.9 Å². The number of carbonyl (C=O) groups is 2. The van der Waals surface area contributed by atoms with Gasteiger partial charge in [0.2, 0.25) is 5.91 Å². The quantitative estimate of drug-likeness (QED) is 0.490. The summed E-state index contributed by atoms with van der Waals surface area (Å²) in [5.74, 6) is -1.46. The largest absolute Gasteiger partial charge is 1.00 e. The molecule has 2 unspecified atom stereocenters. The molecule has 0 aliphatic heterocycles. The Morgan fingerprint density at radius 1 is 1.27 bits per heavy atom. The SMILES string of the molecule is CC(=O)NC(C)CCCC(C)C(=O)[O-].[Na+]. The fourth-order valence-electron chi connectivity index (χ4n) is 1.27. The predicted octanol–water partition coefficient (Wildman–Crippen LogP) is -2.93. The molecule has 0 radical (unpaired) electrons. The zero-order chi connectivity index (χ0) is 11.1. The standard InChI is InChI=1S/C10H19NO3.Na/c1-7(10(13)14)5-4-6-8(2)11-9(3)12;/h7-8H,4-6H2,1-3H3,(H,11,12)(H,13,14);/q;+1/p-1. The van der Waals surface area contributed by atoms with Gasteiger partial charge in [0.1, 0.15) is 0 Å². The van der Waals surface area contributed by atoms with Crippen LogP contribution in [0.1, 0.15) is 40.0 Å². The van der Waals surface area contributed by atoms with Crippen molar-refractivity contribution in [2.45, 2.75) is 46.1 Å². The summed E-state index contributed by atoms with van der Waals surface area (Å²) < 4.78 is 0. The number of amides is 1. The molecule has 0 aliphatic rings. The Morgan fingerprint density at radius 3 is 2.20 bits per heavy atom. The van der Waals surface area contributed by atoms with E-state index >= 15 is 0 Å². The minimum absolute atomic E-state index is 0. The first kappa shape index (κ1) is 17.3. The van der Waals surface area contributed by atoms with E-state index in [1.54, 1.807) is 6.92 Å². The fraction of sp³-hybridized carbons (Fsp3) is 0.800. The molecule has 0 spiro atoms. The zero-order valence-electron chi connectivity index (χ0n) is 10.0. The van der Waals surface area contributed by atoms with Crippen molar-refractivity contribution in [2.24, 2.45) is 5.92 Å². The number of hydrogen-bond donors (Lipinski definition) is 1. The second-order valence-electron chi connectivity index (χ2n) is 3.75. The Bertz CT molecular complexity index is 209. The van der Waals surface area contributed by atoms with Gasteiger partial charge in [0.25, 0.3) is 0 Å². The summed E-state index contributed by atoms with van der Waals surface area (Å²) in [6.07, 6.45) is 2.19. The molecule has 4 nitrogen and oxygen atoms in total. The van der Waals surface area contributed by atoms with Crippen LogP contribution in [0.2, 0.25) is 0 Å². The third kappa shape index (κ3) is 10.2. The van der Waals surface area contributed by atoms with E-state index in [1.165, 1.54) is 6.92 Å². The van der Waals surface area contributed by atoms with Crippen LogP contribution in [0, 0.1) is 5.92 Å². The number of hydrogen-bond acceptors (Lipinski definition) is 3. The van der Waals surface area contributed by atoms with Gasteiger partial charge < -0.3 is 15.2 Å². The van der Waals surface area contributed by atoms with Crippen LogP contribution >= 0.6 is 0 Å². The average Bonchev–Trinajstić information content (AvgIpc) is 2.02. The summed E-state index contributed by atoms with van der Waals surface area (Å²) in [5.41, 5.74) is 0. The Kier molecular flexibility index (Phi) is 10.6. The van der Waals surface area contributed by atoms with E-state index in [9.17, 15) is 14.7 Å². The Hall–Kier alpha value is -0.0600. The molecule has 1 N–H and O–H groups in total. The summed E-state index contributed by atoms with van der Waals surface area (Å²) in [6.45, 7) is 5.02. The zero-order valence-corrected chi connectivity index (χ0v) is 12.0. The molecule has 2 atom stereocenters. The second kappa shape index (κ2) is 9.19. The molecule has 0 heterocycles. The summed E-state index contributed by atoms with van der Waals surface area (Å²) in [4.78, 5) is 21.0. The first-order valence-electron chi connectivity index (χ1n) is 4.91. The molecule has 0 aromatic carbocycles. The van der Waals surface area contributed by atoms with Crippen molar-refractivity contribution < 1.29 is 44.3 Å². The van der Waals surface area contributed by atoms with E-state index < -0.39 is 11.9 Å². The molecule has 0 bridgehead atoms. The maximum absolute atomic E-state index is 10.6. The predicted molar refractivity (Wildman–Crippen MR) is 51.3 cm³/mol. The molecule has 0 rings (SSSR count). The van der Waals surface area contributed by atoms with E-state index in [-0.39, 0.29) is 41.5 Å². The van der Waals surface area contributed by atoms with Crippen LogP contribution in [0.3, 0.4) is 0 Å². The Morgan fingerprint density at radius 2 is 1.80 bits per heavy atom. The molecule has 1 amide bonds. The van der Waals surface area contributed by atoms with Crippen molar-refractivity contribution in [2.75, 3.05) is 0 Å². The Balaban J connectivity index is 0. The summed E-state index contributed by atoms with van der Waals surface area (Å²) in [6, 6.07) is 0.112. The maximum Gasteiger partial charge on any atom is 1.00 e. The van der Waals surface area contributed by atoms with Crippen molar-refractivity contribution in [1.29, 1.82) is 0 Å². The molecule has 82 valence electrons. The Labute approximate surface area is 113 Å². The molecule has 0 fully saturated rings. The molecule has 0 saturated carbocycles. The molecule has 0 aromatic heterocycles. The van der Waals surface area contributed by atoms with Gasteiger partial charge in [-0.15, -0.1) is 0 Å². The molecule has 0 aliphatic carbocycles. The molecule has 5 heteroatoms. The van der Waals surface area contributed by atoms with E-state index in [2.05, 4.69) is 5.32 Å². The van der Waals surface area contributed by atoms with E-state index in [4.69, 9.17) is 0 Å². The van der Waals surface area contributed by atoms with Crippen molar-refractivity contribution in [3.8, 4) is 0 Å². The number of rotatable bonds is 6. The second-order valence-corrected chi connectivity index (χ2v) is 3.75. The summed E-state index contributed by atoms with van der Waals surface area (Å²) in [5, 5.41) is 13.1. The molecule has 0 aromatic rings. The van der Waals surface area contributed by atoms with Crippen LogP contribution in [0.4, 0.5) is 0 Å². The topological polar surface area (TPSA) is 69.2 Å². The molecular weight excluding hydrogens is 205 g/mol. The molecule has 15 heavy (non-hydrogen) atoms. The van der Waals surface area contributed by atoms with Crippen LogP contribution in [-0.2, 0) is 9.59 Å². The van der Waals surface area contributed by atoms with Crippen LogP contribution < -0.4 is 40.0 Å². The van der Waals surface area contributed by atoms with Gasteiger partial charge in [-0.25, -0.2) is 0 Å². The fourth-order valence-corrected chi connectivity index (χ4v) is 1.27. The van der Waals surface area contributed by atoms with E-state index in [0.29, 0.717) is 6.42 Å². The number of carbonyl (C=O) groups excluding carboxylic acids is 2. The van der Waals surface area contributed by atoms with Crippen molar-refractivity contribution in [3.63, 3.8) is 0 Å². The van der Waals surface area contributed by atoms with Gasteiger partial charge in [-0.05, 0) is 25.7 Å². The van der Waals surface area contributed by atoms with Gasteiger partial charge in [-0.2, -0.15) is 0 Å². The number of nitrogens with one attached hydrogen (secondary N) is 1. The summed E-state index contributed by atoms with van der Waals surface area (Å²) >= 11 is 0. The van der Waals surface area contributed by atoms with Gasteiger partial charge in [-0.1, -0.05) is 13.3 Å². The summed E-state index contributed by atoms with van der Waals surface area (Å²) in [7, 11) is 0. The van der Waals surface area contributed by atoms with Crippen LogP contribution in [0.5, 0.6) is 0 Å². The third-order valence-electron chi connectivity index (χ3n) is 2.13. The van der Waals surface area contributed by atoms with Crippen LogP contribution in [0.15, 0.2) is 0 Å².